The van der Waals surface area contributed by atoms with E-state index >= 15 is 0 Å². The number of hydrogen-bond acceptors (Lipinski definition) is 5. The fourth-order valence-corrected chi connectivity index (χ4v) is 2.05. The molecule has 2 aromatic heterocycles. The molecule has 22 heavy (non-hydrogen) atoms. The molecule has 0 radical (unpaired) electrons. The largest absolute Gasteiger partial charge is 0.443 e. The molecule has 7 heteroatoms. The summed E-state index contributed by atoms with van der Waals surface area (Å²) in [7, 11) is 0. The maximum Gasteiger partial charge on any atom is 0.273 e. The van der Waals surface area contributed by atoms with Crippen molar-refractivity contribution in [2.75, 3.05) is 6.54 Å². The molecule has 7 nitrogen and oxygen atoms in total. The van der Waals surface area contributed by atoms with Crippen molar-refractivity contribution in [2.24, 2.45) is 0 Å². The van der Waals surface area contributed by atoms with Crippen molar-refractivity contribution in [3.8, 4) is 11.3 Å². The standard InChI is InChI=1S/C15H15N5O2/c1-10-2-4-11(5-3-10)14-13(18-9-22-14)15(21)16-7-6-12-17-8-19-20-12/h2-5,8-9H,6-7H2,1H3,(H,16,21)(H,17,19,20). The van der Waals surface area contributed by atoms with E-state index in [1.807, 2.05) is 31.2 Å². The van der Waals surface area contributed by atoms with Gasteiger partial charge >= 0.3 is 0 Å². The number of H-pyrrole nitrogens is 1. The van der Waals surface area contributed by atoms with E-state index in [2.05, 4.69) is 25.5 Å². The fourth-order valence-electron chi connectivity index (χ4n) is 2.05. The average molecular weight is 297 g/mol. The van der Waals surface area contributed by atoms with Crippen molar-refractivity contribution in [3.05, 3.63) is 54.1 Å². The normalized spacial score (nSPS) is 10.6. The molecule has 112 valence electrons. The Morgan fingerprint density at radius 3 is 2.82 bits per heavy atom. The summed E-state index contributed by atoms with van der Waals surface area (Å²) in [5.74, 6) is 0.917. The molecule has 1 aromatic carbocycles. The van der Waals surface area contributed by atoms with Crippen LogP contribution in [0.5, 0.6) is 0 Å². The molecule has 1 amide bonds. The summed E-state index contributed by atoms with van der Waals surface area (Å²) in [6, 6.07) is 7.73. The van der Waals surface area contributed by atoms with E-state index in [9.17, 15) is 4.79 Å². The number of amides is 1. The highest BCUT2D eigenvalue weighted by Gasteiger charge is 2.17. The van der Waals surface area contributed by atoms with Crippen LogP contribution < -0.4 is 5.32 Å². The molecule has 0 fully saturated rings. The number of rotatable bonds is 5. The molecule has 3 aromatic rings. The molecule has 0 aliphatic rings. The number of aromatic amines is 1. The predicted octanol–water partition coefficient (Wildman–Crippen LogP) is 1.74. The van der Waals surface area contributed by atoms with Crippen LogP contribution in [-0.4, -0.2) is 32.6 Å². The molecule has 3 rings (SSSR count). The Hall–Kier alpha value is -2.96. The van der Waals surface area contributed by atoms with Crippen LogP contribution in [0.25, 0.3) is 11.3 Å². The monoisotopic (exact) mass is 297 g/mol. The Morgan fingerprint density at radius 2 is 2.09 bits per heavy atom. The minimum absolute atomic E-state index is 0.274. The van der Waals surface area contributed by atoms with Gasteiger partial charge in [0.15, 0.2) is 17.8 Å². The quantitative estimate of drug-likeness (QED) is 0.747. The van der Waals surface area contributed by atoms with E-state index < -0.39 is 0 Å². The lowest BCUT2D eigenvalue weighted by atomic mass is 10.1. The molecule has 0 bridgehead atoms. The van der Waals surface area contributed by atoms with Gasteiger partial charge in [-0.05, 0) is 6.92 Å². The first-order chi connectivity index (χ1) is 10.7. The molecule has 0 aliphatic heterocycles. The van der Waals surface area contributed by atoms with Gasteiger partial charge in [-0.3, -0.25) is 9.89 Å². The Morgan fingerprint density at radius 1 is 1.27 bits per heavy atom. The van der Waals surface area contributed by atoms with E-state index in [-0.39, 0.29) is 11.6 Å². The van der Waals surface area contributed by atoms with E-state index in [1.165, 1.54) is 12.7 Å². The van der Waals surface area contributed by atoms with Crippen LogP contribution in [0, 0.1) is 6.92 Å². The number of aryl methyl sites for hydroxylation is 1. The number of nitrogens with one attached hydrogen (secondary N) is 2. The number of hydrogen-bond donors (Lipinski definition) is 2. The van der Waals surface area contributed by atoms with Gasteiger partial charge in [0, 0.05) is 18.5 Å². The number of benzene rings is 1. The summed E-state index contributed by atoms with van der Waals surface area (Å²) >= 11 is 0. The van der Waals surface area contributed by atoms with Crippen molar-refractivity contribution in [2.45, 2.75) is 13.3 Å². The molecule has 0 unspecified atom stereocenters. The second kappa shape index (κ2) is 6.21. The topological polar surface area (TPSA) is 96.7 Å². The summed E-state index contributed by atoms with van der Waals surface area (Å²) in [5, 5.41) is 9.29. The van der Waals surface area contributed by atoms with Crippen molar-refractivity contribution in [1.82, 2.24) is 25.5 Å². The smallest absolute Gasteiger partial charge is 0.273 e. The fraction of sp³-hybridized carbons (Fsp3) is 0.200. The average Bonchev–Trinajstić information content (AvgIpc) is 3.19. The molecule has 0 aliphatic carbocycles. The van der Waals surface area contributed by atoms with Gasteiger partial charge in [-0.25, -0.2) is 9.97 Å². The highest BCUT2D eigenvalue weighted by Crippen LogP contribution is 2.23. The van der Waals surface area contributed by atoms with Crippen molar-refractivity contribution in [1.29, 1.82) is 0 Å². The Kier molecular flexibility index (Phi) is 3.95. The first-order valence-corrected chi connectivity index (χ1v) is 6.87. The van der Waals surface area contributed by atoms with E-state index in [0.29, 0.717) is 18.7 Å². The van der Waals surface area contributed by atoms with Gasteiger partial charge in [-0.2, -0.15) is 5.10 Å². The number of carbonyl (C=O) groups excluding carboxylic acids is 1. The second-order valence-corrected chi connectivity index (χ2v) is 4.83. The maximum atomic E-state index is 12.2. The molecule has 0 saturated carbocycles. The lowest BCUT2D eigenvalue weighted by molar-refractivity contribution is 0.0950. The third-order valence-corrected chi connectivity index (χ3v) is 3.21. The van der Waals surface area contributed by atoms with E-state index in [1.54, 1.807) is 0 Å². The zero-order valence-electron chi connectivity index (χ0n) is 12.0. The first-order valence-electron chi connectivity index (χ1n) is 6.87. The van der Waals surface area contributed by atoms with Gasteiger partial charge in [-0.15, -0.1) is 0 Å². The van der Waals surface area contributed by atoms with E-state index in [0.717, 1.165) is 17.0 Å². The maximum absolute atomic E-state index is 12.2. The highest BCUT2D eigenvalue weighted by atomic mass is 16.3. The zero-order valence-corrected chi connectivity index (χ0v) is 12.0. The second-order valence-electron chi connectivity index (χ2n) is 4.83. The van der Waals surface area contributed by atoms with Crippen LogP contribution in [0.15, 0.2) is 41.4 Å². The lowest BCUT2D eigenvalue weighted by Crippen LogP contribution is -2.26. The summed E-state index contributed by atoms with van der Waals surface area (Å²) < 4.78 is 5.36. The van der Waals surface area contributed by atoms with Crippen LogP contribution in [0.3, 0.4) is 0 Å². The summed E-state index contributed by atoms with van der Waals surface area (Å²) in [5.41, 5.74) is 2.24. The molecule has 0 saturated heterocycles. The van der Waals surface area contributed by atoms with Gasteiger partial charge < -0.3 is 9.73 Å². The molecule has 2 heterocycles. The number of nitrogens with zero attached hydrogens (tertiary/aromatic N) is 3. The molecule has 2 N–H and O–H groups in total. The third kappa shape index (κ3) is 3.03. The SMILES string of the molecule is Cc1ccc(-c2ocnc2C(=O)NCCc2ncn[nH]2)cc1. The molecular weight excluding hydrogens is 282 g/mol. The minimum atomic E-state index is -0.274. The number of oxazole rings is 1. The summed E-state index contributed by atoms with van der Waals surface area (Å²) in [6.45, 7) is 2.44. The lowest BCUT2D eigenvalue weighted by Gasteiger charge is -2.04. The highest BCUT2D eigenvalue weighted by molar-refractivity contribution is 5.97. The molecular formula is C15H15N5O2. The van der Waals surface area contributed by atoms with Gasteiger partial charge in [0.25, 0.3) is 5.91 Å². The van der Waals surface area contributed by atoms with Crippen LogP contribution in [-0.2, 0) is 6.42 Å². The zero-order chi connectivity index (χ0) is 15.4. The Balaban J connectivity index is 1.68. The summed E-state index contributed by atoms with van der Waals surface area (Å²) in [4.78, 5) is 20.2. The van der Waals surface area contributed by atoms with Crippen LogP contribution in [0.4, 0.5) is 0 Å². The van der Waals surface area contributed by atoms with Crippen LogP contribution in [0.1, 0.15) is 21.9 Å². The van der Waals surface area contributed by atoms with Gasteiger partial charge in [-0.1, -0.05) is 29.8 Å². The minimum Gasteiger partial charge on any atom is -0.443 e. The third-order valence-electron chi connectivity index (χ3n) is 3.21. The van der Waals surface area contributed by atoms with Gasteiger partial charge in [0.1, 0.15) is 12.2 Å². The van der Waals surface area contributed by atoms with Crippen LogP contribution >= 0.6 is 0 Å². The molecule has 0 spiro atoms. The van der Waals surface area contributed by atoms with Crippen LogP contribution in [0.2, 0.25) is 0 Å². The summed E-state index contributed by atoms with van der Waals surface area (Å²) in [6.07, 6.45) is 3.29. The van der Waals surface area contributed by atoms with Gasteiger partial charge in [0.05, 0.1) is 0 Å². The predicted molar refractivity (Wildman–Crippen MR) is 79.1 cm³/mol. The number of carbonyl (C=O) groups is 1. The van der Waals surface area contributed by atoms with Crippen molar-refractivity contribution >= 4 is 5.91 Å². The van der Waals surface area contributed by atoms with E-state index in [4.69, 9.17) is 4.42 Å². The Labute approximate surface area is 126 Å². The van der Waals surface area contributed by atoms with Gasteiger partial charge in [0.2, 0.25) is 0 Å². The van der Waals surface area contributed by atoms with Crippen molar-refractivity contribution in [3.63, 3.8) is 0 Å². The molecule has 0 atom stereocenters. The van der Waals surface area contributed by atoms with Crippen molar-refractivity contribution < 1.29 is 9.21 Å². The Bertz CT molecular complexity index is 747. The number of aromatic nitrogens is 4. The first kappa shape index (κ1) is 14.0.